The molecule has 0 radical (unpaired) electrons. The molecule has 0 N–H and O–H groups in total. The standard InChI is InChI=1S/C24H28FN3OS/c1-2-11-26-12-9-19(10-13-26)24(29)28-16-14-27(15-17-28)18-20-7-8-23(30-20)21-5-3-4-6-22(21)25/h1,3-8,19H,9-18H2. The van der Waals surface area contributed by atoms with Crippen LogP contribution in [0.3, 0.4) is 0 Å². The third-order valence-corrected chi connectivity index (χ3v) is 7.22. The van der Waals surface area contributed by atoms with Gasteiger partial charge in [-0.15, -0.1) is 17.8 Å². The summed E-state index contributed by atoms with van der Waals surface area (Å²) >= 11 is 1.65. The Bertz CT molecular complexity index is 905. The van der Waals surface area contributed by atoms with Gasteiger partial charge in [0, 0.05) is 54.0 Å². The number of carbonyl (C=O) groups excluding carboxylic acids is 1. The summed E-state index contributed by atoms with van der Waals surface area (Å²) in [5, 5.41) is 0. The molecule has 0 unspecified atom stereocenters. The van der Waals surface area contributed by atoms with Gasteiger partial charge in [-0.3, -0.25) is 14.6 Å². The van der Waals surface area contributed by atoms with Gasteiger partial charge in [0.05, 0.1) is 6.54 Å². The Hall–Kier alpha value is -2.20. The highest BCUT2D eigenvalue weighted by Gasteiger charge is 2.30. The van der Waals surface area contributed by atoms with Gasteiger partial charge >= 0.3 is 0 Å². The third-order valence-electron chi connectivity index (χ3n) is 6.12. The molecular weight excluding hydrogens is 397 g/mol. The number of carbonyl (C=O) groups is 1. The molecule has 1 amide bonds. The van der Waals surface area contributed by atoms with Gasteiger partial charge in [-0.1, -0.05) is 24.1 Å². The highest BCUT2D eigenvalue weighted by Crippen LogP contribution is 2.31. The first-order chi connectivity index (χ1) is 14.6. The van der Waals surface area contributed by atoms with Crippen LogP contribution < -0.4 is 0 Å². The van der Waals surface area contributed by atoms with Crippen LogP contribution in [0.1, 0.15) is 17.7 Å². The molecule has 3 heterocycles. The van der Waals surface area contributed by atoms with E-state index in [1.165, 1.54) is 10.9 Å². The van der Waals surface area contributed by atoms with Gasteiger partial charge in [0.1, 0.15) is 5.82 Å². The van der Waals surface area contributed by atoms with Gasteiger partial charge in [-0.25, -0.2) is 4.39 Å². The lowest BCUT2D eigenvalue weighted by atomic mass is 9.95. The average molecular weight is 426 g/mol. The molecule has 2 fully saturated rings. The van der Waals surface area contributed by atoms with Crippen LogP contribution in [0, 0.1) is 24.1 Å². The van der Waals surface area contributed by atoms with Crippen LogP contribution >= 0.6 is 11.3 Å². The Morgan fingerprint density at radius 2 is 1.77 bits per heavy atom. The van der Waals surface area contributed by atoms with Crippen LogP contribution in [0.4, 0.5) is 4.39 Å². The minimum Gasteiger partial charge on any atom is -0.340 e. The van der Waals surface area contributed by atoms with Gasteiger partial charge in [0.2, 0.25) is 5.91 Å². The fourth-order valence-electron chi connectivity index (χ4n) is 4.34. The smallest absolute Gasteiger partial charge is 0.225 e. The van der Waals surface area contributed by atoms with Crippen molar-refractivity contribution in [3.8, 4) is 22.8 Å². The molecule has 0 saturated carbocycles. The van der Waals surface area contributed by atoms with Crippen molar-refractivity contribution in [2.24, 2.45) is 5.92 Å². The predicted molar refractivity (Wildman–Crippen MR) is 120 cm³/mol. The number of terminal acetylenes is 1. The molecular formula is C24H28FN3OS. The summed E-state index contributed by atoms with van der Waals surface area (Å²) in [6, 6.07) is 11.0. The fraction of sp³-hybridized carbons (Fsp3) is 0.458. The Morgan fingerprint density at radius 3 is 2.47 bits per heavy atom. The van der Waals surface area contributed by atoms with E-state index >= 15 is 0 Å². The van der Waals surface area contributed by atoms with Crippen LogP contribution in [-0.4, -0.2) is 66.4 Å². The molecule has 4 rings (SSSR count). The molecule has 0 bridgehead atoms. The number of halogens is 1. The lowest BCUT2D eigenvalue weighted by Crippen LogP contribution is -2.51. The number of thiophene rings is 1. The Labute approximate surface area is 182 Å². The number of hydrogen-bond donors (Lipinski definition) is 0. The van der Waals surface area contributed by atoms with E-state index in [4.69, 9.17) is 6.42 Å². The molecule has 6 heteroatoms. The number of amides is 1. The molecule has 2 saturated heterocycles. The fourth-order valence-corrected chi connectivity index (χ4v) is 5.42. The lowest BCUT2D eigenvalue weighted by Gasteiger charge is -2.38. The molecule has 2 aromatic rings. The quantitative estimate of drug-likeness (QED) is 0.686. The first kappa shape index (κ1) is 21.0. The van der Waals surface area contributed by atoms with Crippen LogP contribution in [0.2, 0.25) is 0 Å². The summed E-state index contributed by atoms with van der Waals surface area (Å²) in [7, 11) is 0. The van der Waals surface area contributed by atoms with Crippen LogP contribution in [0.15, 0.2) is 36.4 Å². The summed E-state index contributed by atoms with van der Waals surface area (Å²) in [6.07, 6.45) is 7.21. The maximum atomic E-state index is 14.0. The van der Waals surface area contributed by atoms with Crippen LogP contribution in [0.5, 0.6) is 0 Å². The number of nitrogens with zero attached hydrogens (tertiary/aromatic N) is 3. The normalized spacial score (nSPS) is 19.0. The monoisotopic (exact) mass is 425 g/mol. The van der Waals surface area contributed by atoms with E-state index in [2.05, 4.69) is 21.8 Å². The second-order valence-corrected chi connectivity index (χ2v) is 9.27. The van der Waals surface area contributed by atoms with Gasteiger partial charge in [0.25, 0.3) is 0 Å². The van der Waals surface area contributed by atoms with E-state index in [9.17, 15) is 9.18 Å². The predicted octanol–water partition coefficient (Wildman–Crippen LogP) is 3.54. The van der Waals surface area contributed by atoms with Crippen LogP contribution in [0.25, 0.3) is 10.4 Å². The SMILES string of the molecule is C#CCN1CCC(C(=O)N2CCN(Cc3ccc(-c4ccccc4F)s3)CC2)CC1. The summed E-state index contributed by atoms with van der Waals surface area (Å²) in [5.41, 5.74) is 0.664. The second kappa shape index (κ2) is 9.74. The number of likely N-dealkylation sites (tertiary alicyclic amines) is 1. The molecule has 4 nitrogen and oxygen atoms in total. The van der Waals surface area contributed by atoms with Gasteiger partial charge in [0.15, 0.2) is 0 Å². The zero-order chi connectivity index (χ0) is 20.9. The maximum absolute atomic E-state index is 14.0. The highest BCUT2D eigenvalue weighted by atomic mass is 32.1. The average Bonchev–Trinajstić information content (AvgIpc) is 3.23. The molecule has 0 atom stereocenters. The van der Waals surface area contributed by atoms with E-state index in [0.717, 1.165) is 63.5 Å². The minimum atomic E-state index is -0.178. The van der Waals surface area contributed by atoms with Crippen molar-refractivity contribution in [1.29, 1.82) is 0 Å². The number of rotatable bonds is 5. The Morgan fingerprint density at radius 1 is 1.03 bits per heavy atom. The molecule has 1 aromatic carbocycles. The molecule has 2 aliphatic rings. The summed E-state index contributed by atoms with van der Waals surface area (Å²) in [5.74, 6) is 2.97. The van der Waals surface area contributed by atoms with Crippen molar-refractivity contribution in [2.75, 3.05) is 45.8 Å². The zero-order valence-corrected chi connectivity index (χ0v) is 18.0. The van der Waals surface area contributed by atoms with E-state index in [0.29, 0.717) is 18.0 Å². The molecule has 2 aliphatic heterocycles. The minimum absolute atomic E-state index is 0.145. The largest absolute Gasteiger partial charge is 0.340 e. The molecule has 0 spiro atoms. The molecule has 1 aromatic heterocycles. The van der Waals surface area contributed by atoms with Crippen molar-refractivity contribution < 1.29 is 9.18 Å². The topological polar surface area (TPSA) is 26.8 Å². The number of hydrogen-bond acceptors (Lipinski definition) is 4. The summed E-state index contributed by atoms with van der Waals surface area (Å²) < 4.78 is 14.0. The summed E-state index contributed by atoms with van der Waals surface area (Å²) in [6.45, 7) is 6.71. The van der Waals surface area contributed by atoms with Gasteiger partial charge in [-0.2, -0.15) is 0 Å². The van der Waals surface area contributed by atoms with Crippen molar-refractivity contribution in [1.82, 2.24) is 14.7 Å². The van der Waals surface area contributed by atoms with Crippen molar-refractivity contribution in [3.63, 3.8) is 0 Å². The van der Waals surface area contributed by atoms with Gasteiger partial charge < -0.3 is 4.90 Å². The van der Waals surface area contributed by atoms with E-state index in [1.54, 1.807) is 17.4 Å². The van der Waals surface area contributed by atoms with Gasteiger partial charge in [-0.05, 0) is 44.1 Å². The number of benzene rings is 1. The van der Waals surface area contributed by atoms with Crippen molar-refractivity contribution in [3.05, 3.63) is 47.1 Å². The van der Waals surface area contributed by atoms with E-state index in [-0.39, 0.29) is 11.7 Å². The van der Waals surface area contributed by atoms with E-state index < -0.39 is 0 Å². The molecule has 0 aliphatic carbocycles. The number of piperazine rings is 1. The molecule has 158 valence electrons. The summed E-state index contributed by atoms with van der Waals surface area (Å²) in [4.78, 5) is 21.8. The molecule has 30 heavy (non-hydrogen) atoms. The lowest BCUT2D eigenvalue weighted by molar-refractivity contribution is -0.138. The maximum Gasteiger partial charge on any atom is 0.225 e. The Kier molecular flexibility index (Phi) is 6.83. The van der Waals surface area contributed by atoms with Crippen LogP contribution in [-0.2, 0) is 11.3 Å². The first-order valence-electron chi connectivity index (χ1n) is 10.6. The van der Waals surface area contributed by atoms with E-state index in [1.807, 2.05) is 23.1 Å². The third kappa shape index (κ3) is 4.92. The highest BCUT2D eigenvalue weighted by molar-refractivity contribution is 7.15. The Balaban J connectivity index is 1.26. The van der Waals surface area contributed by atoms with Crippen molar-refractivity contribution >= 4 is 17.2 Å². The van der Waals surface area contributed by atoms with Crippen molar-refractivity contribution in [2.45, 2.75) is 19.4 Å². The first-order valence-corrected chi connectivity index (χ1v) is 11.5. The zero-order valence-electron chi connectivity index (χ0n) is 17.2. The second-order valence-electron chi connectivity index (χ2n) is 8.10. The number of piperidine rings is 1.